The second-order valence-corrected chi connectivity index (χ2v) is 10.3. The number of rotatable bonds is 5. The Balaban J connectivity index is 1.68. The molecular weight excluding hydrogens is 484 g/mol. The summed E-state index contributed by atoms with van der Waals surface area (Å²) in [4.78, 5) is 14.4. The summed E-state index contributed by atoms with van der Waals surface area (Å²) in [5.41, 5.74) is 2.25. The molecule has 1 N–H and O–H groups in total. The van der Waals surface area contributed by atoms with E-state index in [1.54, 1.807) is 6.07 Å². The molecule has 6 rings (SSSR count). The predicted molar refractivity (Wildman–Crippen MR) is 142 cm³/mol. The third-order valence-corrected chi connectivity index (χ3v) is 7.80. The van der Waals surface area contributed by atoms with Gasteiger partial charge in [-0.25, -0.2) is 0 Å². The van der Waals surface area contributed by atoms with Crippen LogP contribution in [0.1, 0.15) is 42.0 Å². The first-order valence-electron chi connectivity index (χ1n) is 12.6. The quantitative estimate of drug-likeness (QED) is 0.310. The molecule has 0 aliphatic carbocycles. The lowest BCUT2D eigenvalue weighted by molar-refractivity contribution is -0.127. The van der Waals surface area contributed by atoms with Gasteiger partial charge >= 0.3 is 6.61 Å². The standard InChI is InChI=1S/C32H27F2NO3/c1-31(2)28(27(20-11-5-3-6-12-20)21-13-7-4-8-14-21)32(23-15-9-10-16-25(23)35-29(32)36)24-18-17-22(37-30(33)34)19-26(24)38-31/h3-19,27-28,30H,1-2H3,(H,35,36)/t28?,32-/m1/s1. The van der Waals surface area contributed by atoms with Crippen molar-refractivity contribution >= 4 is 11.6 Å². The Morgan fingerprint density at radius 2 is 1.42 bits per heavy atom. The molecule has 0 saturated carbocycles. The van der Waals surface area contributed by atoms with Crippen LogP contribution >= 0.6 is 0 Å². The van der Waals surface area contributed by atoms with Crippen LogP contribution < -0.4 is 14.8 Å². The zero-order valence-corrected chi connectivity index (χ0v) is 21.0. The van der Waals surface area contributed by atoms with Gasteiger partial charge in [0.2, 0.25) is 5.91 Å². The van der Waals surface area contributed by atoms with Crippen LogP contribution in [-0.2, 0) is 10.2 Å². The molecular formula is C32H27F2NO3. The van der Waals surface area contributed by atoms with Gasteiger partial charge in [-0.15, -0.1) is 0 Å². The lowest BCUT2D eigenvalue weighted by Crippen LogP contribution is -2.59. The number of carbonyl (C=O) groups excluding carboxylic acids is 1. The molecule has 6 heteroatoms. The molecule has 1 amide bonds. The van der Waals surface area contributed by atoms with Gasteiger partial charge in [0.05, 0.1) is 0 Å². The summed E-state index contributed by atoms with van der Waals surface area (Å²) in [7, 11) is 0. The van der Waals surface area contributed by atoms with Crippen LogP contribution in [-0.4, -0.2) is 18.1 Å². The summed E-state index contributed by atoms with van der Waals surface area (Å²) in [6.07, 6.45) is 0. The summed E-state index contributed by atoms with van der Waals surface area (Å²) in [5, 5.41) is 3.13. The molecule has 4 aromatic carbocycles. The SMILES string of the molecule is CC1(C)Oc2cc(OC(F)F)ccc2[C@@]2(C(=O)Nc3ccccc32)C1C(c1ccccc1)c1ccccc1. The first kappa shape index (κ1) is 24.2. The number of hydrogen-bond acceptors (Lipinski definition) is 3. The van der Waals surface area contributed by atoms with Gasteiger partial charge in [0, 0.05) is 29.2 Å². The maximum absolute atomic E-state index is 14.4. The van der Waals surface area contributed by atoms with Gasteiger partial charge in [-0.05, 0) is 42.7 Å². The maximum Gasteiger partial charge on any atom is 0.387 e. The number of para-hydroxylation sites is 1. The number of halogens is 2. The lowest BCUT2D eigenvalue weighted by Gasteiger charge is -2.53. The average Bonchev–Trinajstić information content (AvgIpc) is 3.18. The molecule has 192 valence electrons. The highest BCUT2D eigenvalue weighted by atomic mass is 19.3. The number of hydrogen-bond donors (Lipinski definition) is 1. The monoisotopic (exact) mass is 511 g/mol. The second-order valence-electron chi connectivity index (χ2n) is 10.3. The van der Waals surface area contributed by atoms with Crippen LogP contribution in [0.5, 0.6) is 11.5 Å². The number of nitrogens with one attached hydrogen (secondary N) is 1. The fourth-order valence-electron chi connectivity index (χ4n) is 6.53. The highest BCUT2D eigenvalue weighted by Crippen LogP contribution is 2.62. The van der Waals surface area contributed by atoms with Gasteiger partial charge in [0.15, 0.2) is 0 Å². The zero-order valence-electron chi connectivity index (χ0n) is 21.0. The van der Waals surface area contributed by atoms with Crippen molar-refractivity contribution in [1.29, 1.82) is 0 Å². The predicted octanol–water partition coefficient (Wildman–Crippen LogP) is 7.15. The number of amides is 1. The average molecular weight is 512 g/mol. The van der Waals surface area contributed by atoms with Crippen LogP contribution in [0.3, 0.4) is 0 Å². The molecule has 1 unspecified atom stereocenters. The Hall–Kier alpha value is -4.19. The molecule has 0 fully saturated rings. The van der Waals surface area contributed by atoms with Gasteiger partial charge in [0.1, 0.15) is 22.5 Å². The number of alkyl halides is 2. The number of anilines is 1. The number of ether oxygens (including phenoxy) is 2. The van der Waals surface area contributed by atoms with Gasteiger partial charge in [-0.1, -0.05) is 84.9 Å². The summed E-state index contributed by atoms with van der Waals surface area (Å²) in [6, 6.07) is 32.6. The van der Waals surface area contributed by atoms with Crippen molar-refractivity contribution in [3.05, 3.63) is 125 Å². The Bertz CT molecular complexity index is 1450. The van der Waals surface area contributed by atoms with Gasteiger partial charge in [-0.2, -0.15) is 8.78 Å². The van der Waals surface area contributed by atoms with Crippen molar-refractivity contribution in [3.8, 4) is 11.5 Å². The van der Waals surface area contributed by atoms with Gasteiger partial charge in [-0.3, -0.25) is 4.79 Å². The van der Waals surface area contributed by atoms with Crippen molar-refractivity contribution in [2.75, 3.05) is 5.32 Å². The van der Waals surface area contributed by atoms with Gasteiger partial charge in [0.25, 0.3) is 0 Å². The first-order valence-corrected chi connectivity index (χ1v) is 12.6. The van der Waals surface area contributed by atoms with Gasteiger partial charge < -0.3 is 14.8 Å². The number of fused-ring (bicyclic) bond motifs is 4. The van der Waals surface area contributed by atoms with Crippen molar-refractivity contribution < 1.29 is 23.0 Å². The van der Waals surface area contributed by atoms with E-state index < -0.39 is 23.5 Å². The molecule has 0 bridgehead atoms. The summed E-state index contributed by atoms with van der Waals surface area (Å²) in [6.45, 7) is 0.967. The minimum Gasteiger partial charge on any atom is -0.487 e. The molecule has 0 saturated heterocycles. The molecule has 38 heavy (non-hydrogen) atoms. The number of benzene rings is 4. The van der Waals surface area contributed by atoms with Crippen molar-refractivity contribution in [1.82, 2.24) is 0 Å². The summed E-state index contributed by atoms with van der Waals surface area (Å²) >= 11 is 0. The van der Waals surface area contributed by atoms with Crippen LogP contribution in [0.15, 0.2) is 103 Å². The maximum atomic E-state index is 14.4. The Labute approximate surface area is 220 Å². The molecule has 0 aromatic heterocycles. The molecule has 2 aliphatic heterocycles. The molecule has 4 aromatic rings. The van der Waals surface area contributed by atoms with E-state index in [1.807, 2.05) is 74.5 Å². The fourth-order valence-corrected chi connectivity index (χ4v) is 6.53. The molecule has 2 aliphatic rings. The van der Waals surface area contributed by atoms with E-state index in [1.165, 1.54) is 12.1 Å². The van der Waals surface area contributed by atoms with Crippen LogP contribution in [0.4, 0.5) is 14.5 Å². The van der Waals surface area contributed by atoms with Crippen molar-refractivity contribution in [2.45, 2.75) is 37.4 Å². The third kappa shape index (κ3) is 3.66. The van der Waals surface area contributed by atoms with E-state index in [0.29, 0.717) is 11.3 Å². The van der Waals surface area contributed by atoms with E-state index in [2.05, 4.69) is 29.6 Å². The zero-order chi connectivity index (χ0) is 26.5. The van der Waals surface area contributed by atoms with E-state index in [0.717, 1.165) is 22.4 Å². The van der Waals surface area contributed by atoms with Crippen LogP contribution in [0.2, 0.25) is 0 Å². The summed E-state index contributed by atoms with van der Waals surface area (Å²) < 4.78 is 37.5. The smallest absolute Gasteiger partial charge is 0.387 e. The third-order valence-electron chi connectivity index (χ3n) is 7.80. The summed E-state index contributed by atoms with van der Waals surface area (Å²) in [5.74, 6) is -0.457. The lowest BCUT2D eigenvalue weighted by atomic mass is 9.54. The van der Waals surface area contributed by atoms with E-state index in [-0.39, 0.29) is 17.6 Å². The first-order chi connectivity index (χ1) is 18.3. The Morgan fingerprint density at radius 1 is 0.816 bits per heavy atom. The molecule has 2 atom stereocenters. The highest BCUT2D eigenvalue weighted by Gasteiger charge is 2.64. The topological polar surface area (TPSA) is 47.6 Å². The van der Waals surface area contributed by atoms with Crippen molar-refractivity contribution in [2.24, 2.45) is 5.92 Å². The second kappa shape index (κ2) is 8.98. The minimum absolute atomic E-state index is 0.0162. The molecule has 2 heterocycles. The molecule has 0 radical (unpaired) electrons. The van der Waals surface area contributed by atoms with E-state index in [9.17, 15) is 13.6 Å². The molecule has 1 spiro atoms. The number of carbonyl (C=O) groups is 1. The van der Waals surface area contributed by atoms with E-state index >= 15 is 0 Å². The normalized spacial score (nSPS) is 21.1. The van der Waals surface area contributed by atoms with E-state index in [4.69, 9.17) is 9.47 Å². The Morgan fingerprint density at radius 3 is 2.05 bits per heavy atom. The fraction of sp³-hybridized carbons (Fsp3) is 0.219. The highest BCUT2D eigenvalue weighted by molar-refractivity contribution is 6.10. The largest absolute Gasteiger partial charge is 0.487 e. The van der Waals surface area contributed by atoms with Crippen LogP contribution in [0, 0.1) is 5.92 Å². The minimum atomic E-state index is -2.97. The molecule has 4 nitrogen and oxygen atoms in total. The Kier molecular flexibility index (Phi) is 5.71. The van der Waals surface area contributed by atoms with Crippen LogP contribution in [0.25, 0.3) is 0 Å². The van der Waals surface area contributed by atoms with Crippen molar-refractivity contribution in [3.63, 3.8) is 0 Å².